The van der Waals surface area contributed by atoms with Crippen molar-refractivity contribution in [3.8, 4) is 5.75 Å². The highest BCUT2D eigenvalue weighted by Gasteiger charge is 2.36. The maximum absolute atomic E-state index is 13.8. The van der Waals surface area contributed by atoms with E-state index in [1.54, 1.807) is 13.2 Å². The van der Waals surface area contributed by atoms with Gasteiger partial charge in [-0.05, 0) is 80.1 Å². The molecular formula is C28H31FN2O2. The van der Waals surface area contributed by atoms with Crippen LogP contribution in [-0.4, -0.2) is 36.0 Å². The summed E-state index contributed by atoms with van der Waals surface area (Å²) >= 11 is 0. The Balaban J connectivity index is 1.44. The molecule has 0 radical (unpaired) electrons. The molecule has 0 aliphatic carbocycles. The van der Waals surface area contributed by atoms with Gasteiger partial charge in [0.15, 0.2) is 0 Å². The number of piperidine rings is 1. The van der Waals surface area contributed by atoms with Gasteiger partial charge in [-0.15, -0.1) is 0 Å². The number of amides is 1. The lowest BCUT2D eigenvalue weighted by Gasteiger charge is -2.37. The Bertz CT molecular complexity index is 1110. The Morgan fingerprint density at radius 3 is 2.67 bits per heavy atom. The predicted octanol–water partition coefficient (Wildman–Crippen LogP) is 5.50. The van der Waals surface area contributed by atoms with Crippen molar-refractivity contribution in [1.29, 1.82) is 0 Å². The number of hydrogen-bond acceptors (Lipinski definition) is 3. The number of aromatic nitrogens is 1. The maximum atomic E-state index is 13.8. The van der Waals surface area contributed by atoms with Gasteiger partial charge in [-0.25, -0.2) is 4.39 Å². The van der Waals surface area contributed by atoms with Gasteiger partial charge in [0.05, 0.1) is 12.5 Å². The third kappa shape index (κ3) is 5.24. The molecule has 1 aliphatic rings. The molecule has 0 bridgehead atoms. The minimum atomic E-state index is -0.780. The summed E-state index contributed by atoms with van der Waals surface area (Å²) in [5.74, 6) is 0.776. The number of benzene rings is 2. The molecular weight excluding hydrogens is 415 g/mol. The highest BCUT2D eigenvalue weighted by atomic mass is 19.1. The molecule has 33 heavy (non-hydrogen) atoms. The monoisotopic (exact) mass is 446 g/mol. The summed E-state index contributed by atoms with van der Waals surface area (Å²) in [6.45, 7) is 5.11. The van der Waals surface area contributed by atoms with Crippen molar-refractivity contribution >= 4 is 5.91 Å². The summed E-state index contributed by atoms with van der Waals surface area (Å²) < 4.78 is 19.1. The van der Waals surface area contributed by atoms with E-state index in [-0.39, 0.29) is 17.6 Å². The molecule has 3 aromatic rings. The number of hydrogen-bond donors (Lipinski definition) is 0. The van der Waals surface area contributed by atoms with E-state index >= 15 is 0 Å². The zero-order valence-electron chi connectivity index (χ0n) is 19.6. The molecule has 0 saturated carbocycles. The lowest BCUT2D eigenvalue weighted by Crippen LogP contribution is -2.47. The van der Waals surface area contributed by atoms with Crippen LogP contribution in [0.5, 0.6) is 5.75 Å². The van der Waals surface area contributed by atoms with Gasteiger partial charge in [0.2, 0.25) is 5.91 Å². The molecule has 0 N–H and O–H groups in total. The molecule has 4 rings (SSSR count). The quantitative estimate of drug-likeness (QED) is 0.502. The summed E-state index contributed by atoms with van der Waals surface area (Å²) in [5.41, 5.74) is 3.26. The van der Waals surface area contributed by atoms with Crippen LogP contribution in [0.3, 0.4) is 0 Å². The van der Waals surface area contributed by atoms with E-state index < -0.39 is 5.41 Å². The molecule has 0 spiro atoms. The molecule has 172 valence electrons. The molecule has 5 heteroatoms. The molecule has 1 amide bonds. The summed E-state index contributed by atoms with van der Waals surface area (Å²) in [7, 11) is 1.67. The van der Waals surface area contributed by atoms with E-state index in [4.69, 9.17) is 9.72 Å². The standard InChI is InChI=1S/C28H31FN2O2/c1-28(2,23-9-5-10-24(29)17-23)27(32)31-14-6-8-22(19-31)26-13-12-21(18-30-26)15-20-7-4-11-25(16-20)33-3/h4-5,7,9-13,16-18,22H,6,8,14-15,19H2,1-3H3/t22-/m1/s1. The number of nitrogens with zero attached hydrogens (tertiary/aromatic N) is 2. The van der Waals surface area contributed by atoms with Crippen LogP contribution in [-0.2, 0) is 16.6 Å². The second-order valence-corrected chi connectivity index (χ2v) is 9.35. The summed E-state index contributed by atoms with van der Waals surface area (Å²) in [6, 6.07) is 18.6. The Morgan fingerprint density at radius 2 is 1.94 bits per heavy atom. The minimum absolute atomic E-state index is 0.0347. The fourth-order valence-corrected chi connectivity index (χ4v) is 4.60. The third-order valence-electron chi connectivity index (χ3n) is 6.60. The van der Waals surface area contributed by atoms with E-state index in [2.05, 4.69) is 18.2 Å². The van der Waals surface area contributed by atoms with Gasteiger partial charge in [-0.1, -0.05) is 30.3 Å². The van der Waals surface area contributed by atoms with Crippen LogP contribution in [0, 0.1) is 5.82 Å². The normalized spacial score (nSPS) is 16.5. The first-order chi connectivity index (χ1) is 15.9. The van der Waals surface area contributed by atoms with E-state index in [9.17, 15) is 9.18 Å². The first-order valence-corrected chi connectivity index (χ1v) is 11.5. The number of carbonyl (C=O) groups excluding carboxylic acids is 1. The molecule has 0 unspecified atom stereocenters. The molecule has 1 aliphatic heterocycles. The first kappa shape index (κ1) is 23.0. The zero-order valence-corrected chi connectivity index (χ0v) is 19.6. The van der Waals surface area contributed by atoms with E-state index in [0.717, 1.165) is 42.8 Å². The van der Waals surface area contributed by atoms with Crippen molar-refractivity contribution in [2.75, 3.05) is 20.2 Å². The number of ether oxygens (including phenoxy) is 1. The Morgan fingerprint density at radius 1 is 1.12 bits per heavy atom. The highest BCUT2D eigenvalue weighted by molar-refractivity contribution is 5.87. The van der Waals surface area contributed by atoms with E-state index in [1.807, 2.05) is 49.2 Å². The average Bonchev–Trinajstić information content (AvgIpc) is 2.84. The van der Waals surface area contributed by atoms with Crippen molar-refractivity contribution in [1.82, 2.24) is 9.88 Å². The van der Waals surface area contributed by atoms with Crippen molar-refractivity contribution in [3.05, 3.63) is 95.1 Å². The van der Waals surface area contributed by atoms with Gasteiger partial charge >= 0.3 is 0 Å². The van der Waals surface area contributed by atoms with Crippen molar-refractivity contribution in [2.45, 2.75) is 44.4 Å². The van der Waals surface area contributed by atoms with Crippen molar-refractivity contribution in [2.24, 2.45) is 0 Å². The molecule has 2 aromatic carbocycles. The Kier molecular flexibility index (Phi) is 6.77. The van der Waals surface area contributed by atoms with Crippen molar-refractivity contribution in [3.63, 3.8) is 0 Å². The number of likely N-dealkylation sites (tertiary alicyclic amines) is 1. The molecule has 1 fully saturated rings. The fourth-order valence-electron chi connectivity index (χ4n) is 4.60. The van der Waals surface area contributed by atoms with Gasteiger partial charge in [0, 0.05) is 30.9 Å². The van der Waals surface area contributed by atoms with Crippen LogP contribution in [0.1, 0.15) is 55.0 Å². The SMILES string of the molecule is COc1cccc(Cc2ccc([C@@H]3CCCN(C(=O)C(C)(C)c4cccc(F)c4)C3)nc2)c1. The zero-order chi connectivity index (χ0) is 23.4. The van der Waals surface area contributed by atoms with Crippen LogP contribution in [0.2, 0.25) is 0 Å². The van der Waals surface area contributed by atoms with E-state index in [1.165, 1.54) is 17.7 Å². The van der Waals surface area contributed by atoms with E-state index in [0.29, 0.717) is 12.1 Å². The number of methoxy groups -OCH3 is 1. The van der Waals surface area contributed by atoms with Gasteiger partial charge in [0.1, 0.15) is 11.6 Å². The van der Waals surface area contributed by atoms with Crippen LogP contribution < -0.4 is 4.74 Å². The smallest absolute Gasteiger partial charge is 0.232 e. The summed E-state index contributed by atoms with van der Waals surface area (Å²) in [4.78, 5) is 20.1. The minimum Gasteiger partial charge on any atom is -0.497 e. The van der Waals surface area contributed by atoms with Crippen molar-refractivity contribution < 1.29 is 13.9 Å². The highest BCUT2D eigenvalue weighted by Crippen LogP contribution is 2.31. The maximum Gasteiger partial charge on any atom is 0.232 e. The number of rotatable bonds is 6. The molecule has 1 aromatic heterocycles. The average molecular weight is 447 g/mol. The Labute approximate surface area is 195 Å². The lowest BCUT2D eigenvalue weighted by atomic mass is 9.82. The van der Waals surface area contributed by atoms with Gasteiger partial charge in [-0.2, -0.15) is 0 Å². The largest absolute Gasteiger partial charge is 0.497 e. The third-order valence-corrected chi connectivity index (χ3v) is 6.60. The Hall–Kier alpha value is -3.21. The van der Waals surface area contributed by atoms with Crippen LogP contribution in [0.4, 0.5) is 4.39 Å². The number of carbonyl (C=O) groups is 1. The van der Waals surface area contributed by atoms with Crippen LogP contribution >= 0.6 is 0 Å². The second-order valence-electron chi connectivity index (χ2n) is 9.35. The molecule has 2 heterocycles. The van der Waals surface area contributed by atoms with Gasteiger partial charge in [-0.3, -0.25) is 9.78 Å². The molecule has 1 saturated heterocycles. The van der Waals surface area contributed by atoms with Crippen LogP contribution in [0.15, 0.2) is 66.9 Å². The van der Waals surface area contributed by atoms with Crippen LogP contribution in [0.25, 0.3) is 0 Å². The predicted molar refractivity (Wildman–Crippen MR) is 128 cm³/mol. The summed E-state index contributed by atoms with van der Waals surface area (Å²) in [6.07, 6.45) is 4.67. The fraction of sp³-hybridized carbons (Fsp3) is 0.357. The molecule has 1 atom stereocenters. The second kappa shape index (κ2) is 9.74. The van der Waals surface area contributed by atoms with Gasteiger partial charge < -0.3 is 9.64 Å². The number of halogens is 1. The lowest BCUT2D eigenvalue weighted by molar-refractivity contribution is -0.137. The molecule has 4 nitrogen and oxygen atoms in total. The topological polar surface area (TPSA) is 42.4 Å². The first-order valence-electron chi connectivity index (χ1n) is 11.5. The number of pyridine rings is 1. The summed E-state index contributed by atoms with van der Waals surface area (Å²) in [5, 5.41) is 0. The van der Waals surface area contributed by atoms with Gasteiger partial charge in [0.25, 0.3) is 0 Å².